The Kier molecular flexibility index (Phi) is 11.3. The van der Waals surface area contributed by atoms with Crippen molar-refractivity contribution < 1.29 is 9.53 Å². The average molecular weight is 325 g/mol. The Morgan fingerprint density at radius 2 is 1.74 bits per heavy atom. The molecular weight excluding hydrogens is 284 g/mol. The molecular formula is C21H40O2. The Morgan fingerprint density at radius 3 is 2.26 bits per heavy atom. The molecule has 0 bridgehead atoms. The van der Waals surface area contributed by atoms with Gasteiger partial charge in [0.25, 0.3) is 0 Å². The summed E-state index contributed by atoms with van der Waals surface area (Å²) in [6.07, 6.45) is 10.6. The van der Waals surface area contributed by atoms with Crippen LogP contribution in [0.2, 0.25) is 0 Å². The van der Waals surface area contributed by atoms with Crippen LogP contribution in [0.15, 0.2) is 11.6 Å². The van der Waals surface area contributed by atoms with E-state index in [0.29, 0.717) is 17.8 Å². The Labute approximate surface area is 145 Å². The molecule has 2 atom stereocenters. The summed E-state index contributed by atoms with van der Waals surface area (Å²) in [6, 6.07) is 0. The molecule has 23 heavy (non-hydrogen) atoms. The van der Waals surface area contributed by atoms with Crippen molar-refractivity contribution in [2.75, 3.05) is 0 Å². The fourth-order valence-electron chi connectivity index (χ4n) is 2.48. The van der Waals surface area contributed by atoms with Crippen LogP contribution >= 0.6 is 0 Å². The van der Waals surface area contributed by atoms with Crippen molar-refractivity contribution in [2.45, 2.75) is 106 Å². The molecule has 2 unspecified atom stereocenters. The van der Waals surface area contributed by atoms with Crippen molar-refractivity contribution in [2.24, 2.45) is 11.3 Å². The summed E-state index contributed by atoms with van der Waals surface area (Å²) >= 11 is 0. The molecule has 0 radical (unpaired) electrons. The molecule has 0 amide bonds. The number of rotatable bonds is 11. The van der Waals surface area contributed by atoms with Gasteiger partial charge in [0.2, 0.25) is 0 Å². The van der Waals surface area contributed by atoms with Gasteiger partial charge in [0.15, 0.2) is 0 Å². The first kappa shape index (κ1) is 22.2. The van der Waals surface area contributed by atoms with Gasteiger partial charge in [0, 0.05) is 6.42 Å². The van der Waals surface area contributed by atoms with Crippen LogP contribution in [0.5, 0.6) is 0 Å². The average Bonchev–Trinajstić information content (AvgIpc) is 2.46. The highest BCUT2D eigenvalue weighted by atomic mass is 16.5. The van der Waals surface area contributed by atoms with Crippen molar-refractivity contribution in [1.82, 2.24) is 0 Å². The molecule has 0 aliphatic heterocycles. The van der Waals surface area contributed by atoms with Gasteiger partial charge in [-0.3, -0.25) is 4.79 Å². The second kappa shape index (κ2) is 11.7. The Bertz CT molecular complexity index is 349. The van der Waals surface area contributed by atoms with E-state index in [1.165, 1.54) is 18.4 Å². The highest BCUT2D eigenvalue weighted by Crippen LogP contribution is 2.22. The van der Waals surface area contributed by atoms with Gasteiger partial charge >= 0.3 is 5.97 Å². The first-order chi connectivity index (χ1) is 10.7. The number of unbranched alkanes of at least 4 members (excludes halogenated alkanes) is 1. The SMILES string of the molecule is CCCCC(C)C(C)OC(=O)CCC/C(=C/CC(C)(C)C)CC. The van der Waals surface area contributed by atoms with Crippen LogP contribution in [0.4, 0.5) is 0 Å². The summed E-state index contributed by atoms with van der Waals surface area (Å²) in [5.41, 5.74) is 1.81. The molecule has 0 spiro atoms. The zero-order valence-electron chi connectivity index (χ0n) is 16.7. The van der Waals surface area contributed by atoms with Crippen molar-refractivity contribution in [3.63, 3.8) is 0 Å². The summed E-state index contributed by atoms with van der Waals surface area (Å²) in [6.45, 7) is 15.4. The van der Waals surface area contributed by atoms with Gasteiger partial charge in [-0.1, -0.05) is 66.0 Å². The molecule has 0 fully saturated rings. The van der Waals surface area contributed by atoms with E-state index in [0.717, 1.165) is 32.1 Å². The number of hydrogen-bond acceptors (Lipinski definition) is 2. The minimum absolute atomic E-state index is 0.0351. The quantitative estimate of drug-likeness (QED) is 0.313. The topological polar surface area (TPSA) is 26.3 Å². The molecule has 0 rings (SSSR count). The maximum Gasteiger partial charge on any atom is 0.306 e. The van der Waals surface area contributed by atoms with Crippen LogP contribution in [0.1, 0.15) is 99.8 Å². The van der Waals surface area contributed by atoms with Crippen LogP contribution < -0.4 is 0 Å². The predicted molar refractivity (Wildman–Crippen MR) is 101 cm³/mol. The molecule has 0 saturated heterocycles. The first-order valence-corrected chi connectivity index (χ1v) is 9.57. The Balaban J connectivity index is 4.08. The van der Waals surface area contributed by atoms with E-state index in [9.17, 15) is 4.79 Å². The van der Waals surface area contributed by atoms with Crippen LogP contribution in [0, 0.1) is 11.3 Å². The summed E-state index contributed by atoms with van der Waals surface area (Å²) in [4.78, 5) is 12.0. The molecule has 2 nitrogen and oxygen atoms in total. The lowest BCUT2D eigenvalue weighted by atomic mass is 9.90. The predicted octanol–water partition coefficient (Wildman–Crippen LogP) is 6.69. The molecule has 0 aromatic heterocycles. The van der Waals surface area contributed by atoms with E-state index in [1.807, 2.05) is 6.92 Å². The van der Waals surface area contributed by atoms with Gasteiger partial charge in [-0.05, 0) is 50.4 Å². The first-order valence-electron chi connectivity index (χ1n) is 9.57. The van der Waals surface area contributed by atoms with Gasteiger partial charge < -0.3 is 4.74 Å². The smallest absolute Gasteiger partial charge is 0.306 e. The van der Waals surface area contributed by atoms with Gasteiger partial charge in [-0.25, -0.2) is 0 Å². The molecule has 0 aromatic rings. The van der Waals surface area contributed by atoms with E-state index in [2.05, 4.69) is 47.6 Å². The summed E-state index contributed by atoms with van der Waals surface area (Å²) < 4.78 is 5.58. The van der Waals surface area contributed by atoms with Crippen molar-refractivity contribution in [3.8, 4) is 0 Å². The largest absolute Gasteiger partial charge is 0.462 e. The molecule has 0 aliphatic rings. The van der Waals surface area contributed by atoms with E-state index < -0.39 is 0 Å². The van der Waals surface area contributed by atoms with E-state index >= 15 is 0 Å². The van der Waals surface area contributed by atoms with Crippen molar-refractivity contribution in [1.29, 1.82) is 0 Å². The number of carbonyl (C=O) groups is 1. The molecule has 136 valence electrons. The fraction of sp³-hybridized carbons (Fsp3) is 0.857. The van der Waals surface area contributed by atoms with Crippen LogP contribution in [-0.2, 0) is 9.53 Å². The van der Waals surface area contributed by atoms with Gasteiger partial charge in [-0.15, -0.1) is 0 Å². The fourth-order valence-corrected chi connectivity index (χ4v) is 2.48. The molecule has 0 aromatic carbocycles. The second-order valence-electron chi connectivity index (χ2n) is 8.15. The summed E-state index contributed by atoms with van der Waals surface area (Å²) in [7, 11) is 0. The van der Waals surface area contributed by atoms with Gasteiger partial charge in [0.05, 0.1) is 0 Å². The number of hydrogen-bond donors (Lipinski definition) is 0. The molecule has 0 N–H and O–H groups in total. The second-order valence-corrected chi connectivity index (χ2v) is 8.15. The monoisotopic (exact) mass is 324 g/mol. The molecule has 0 saturated carbocycles. The molecule has 0 heterocycles. The number of ether oxygens (including phenoxy) is 1. The third-order valence-corrected chi connectivity index (χ3v) is 4.47. The molecule has 2 heteroatoms. The summed E-state index contributed by atoms with van der Waals surface area (Å²) in [5, 5.41) is 0. The van der Waals surface area contributed by atoms with E-state index in [1.54, 1.807) is 0 Å². The third-order valence-electron chi connectivity index (χ3n) is 4.47. The van der Waals surface area contributed by atoms with Crippen molar-refractivity contribution in [3.05, 3.63) is 11.6 Å². The molecule has 0 aliphatic carbocycles. The van der Waals surface area contributed by atoms with E-state index in [4.69, 9.17) is 4.74 Å². The highest BCUT2D eigenvalue weighted by molar-refractivity contribution is 5.69. The lowest BCUT2D eigenvalue weighted by Gasteiger charge is -2.20. The standard InChI is InChI=1S/C21H40O2/c1-8-10-12-17(3)18(4)23-20(22)14-11-13-19(9-2)15-16-21(5,6)7/h15,17-18H,8-14,16H2,1-7H3/b19-15+. The van der Waals surface area contributed by atoms with Gasteiger partial charge in [0.1, 0.15) is 6.10 Å². The normalized spacial score (nSPS) is 15.3. The van der Waals surface area contributed by atoms with Crippen LogP contribution in [0.3, 0.4) is 0 Å². The van der Waals surface area contributed by atoms with Crippen LogP contribution in [-0.4, -0.2) is 12.1 Å². The number of allylic oxidation sites excluding steroid dienone is 2. The maximum atomic E-state index is 12.0. The van der Waals surface area contributed by atoms with Crippen molar-refractivity contribution >= 4 is 5.97 Å². The van der Waals surface area contributed by atoms with Gasteiger partial charge in [-0.2, -0.15) is 0 Å². The summed E-state index contributed by atoms with van der Waals surface area (Å²) in [5.74, 6) is 0.420. The zero-order valence-corrected chi connectivity index (χ0v) is 16.7. The Hall–Kier alpha value is -0.790. The van der Waals surface area contributed by atoms with E-state index in [-0.39, 0.29) is 12.1 Å². The van der Waals surface area contributed by atoms with Crippen LogP contribution in [0.25, 0.3) is 0 Å². The maximum absolute atomic E-state index is 12.0. The zero-order chi connectivity index (χ0) is 17.9. The Morgan fingerprint density at radius 1 is 1.09 bits per heavy atom. The number of esters is 1. The lowest BCUT2D eigenvalue weighted by molar-refractivity contribution is -0.150. The lowest BCUT2D eigenvalue weighted by Crippen LogP contribution is -2.22. The number of carbonyl (C=O) groups excluding carboxylic acids is 1. The third kappa shape index (κ3) is 12.3. The minimum Gasteiger partial charge on any atom is -0.462 e. The highest BCUT2D eigenvalue weighted by Gasteiger charge is 2.16. The minimum atomic E-state index is -0.0351.